The molecule has 3 heteroatoms. The van der Waals surface area contributed by atoms with Crippen LogP contribution in [0.4, 0.5) is 17.1 Å². The van der Waals surface area contributed by atoms with E-state index in [1.54, 1.807) is 0 Å². The highest BCUT2D eigenvalue weighted by Crippen LogP contribution is 2.43. The van der Waals surface area contributed by atoms with E-state index >= 15 is 0 Å². The number of furan rings is 1. The first kappa shape index (κ1) is 27.9. The first-order valence-corrected chi connectivity index (χ1v) is 17.4. The standard InChI is InChI=1S/C46H29NOS/c1-2-10-30(11-3-1)32-12-8-13-35(28-32)47(36-25-26-37-33(29-36)22-27-44-45(37)41-15-5-7-19-43(41)49-44)34-23-20-31(21-24-34)38-16-9-17-40-39-14-4-6-18-42(39)48-46(38)40/h1-29H. The second kappa shape index (κ2) is 11.2. The van der Waals surface area contributed by atoms with E-state index in [0.717, 1.165) is 50.1 Å². The Morgan fingerprint density at radius 3 is 2.02 bits per heavy atom. The fourth-order valence-electron chi connectivity index (χ4n) is 7.35. The molecule has 0 atom stereocenters. The molecule has 0 amide bonds. The molecule has 230 valence electrons. The summed E-state index contributed by atoms with van der Waals surface area (Å²) in [6, 6.07) is 63.2. The number of para-hydroxylation sites is 2. The molecule has 0 N–H and O–H groups in total. The molecule has 2 aromatic heterocycles. The molecule has 49 heavy (non-hydrogen) atoms. The predicted octanol–water partition coefficient (Wildman–Crippen LogP) is 13.9. The van der Waals surface area contributed by atoms with Crippen molar-refractivity contribution in [3.05, 3.63) is 176 Å². The van der Waals surface area contributed by atoms with Crippen LogP contribution < -0.4 is 4.90 Å². The zero-order valence-electron chi connectivity index (χ0n) is 26.5. The third-order valence-electron chi connectivity index (χ3n) is 9.65. The van der Waals surface area contributed by atoms with Gasteiger partial charge in [0.1, 0.15) is 11.2 Å². The fourth-order valence-corrected chi connectivity index (χ4v) is 8.47. The van der Waals surface area contributed by atoms with Crippen LogP contribution in [0.2, 0.25) is 0 Å². The van der Waals surface area contributed by atoms with Gasteiger partial charge in [0.05, 0.1) is 0 Å². The van der Waals surface area contributed by atoms with Gasteiger partial charge in [0.15, 0.2) is 0 Å². The highest BCUT2D eigenvalue weighted by Gasteiger charge is 2.17. The largest absolute Gasteiger partial charge is 0.455 e. The normalized spacial score (nSPS) is 11.7. The van der Waals surface area contributed by atoms with Gasteiger partial charge >= 0.3 is 0 Å². The fraction of sp³-hybridized carbons (Fsp3) is 0. The minimum absolute atomic E-state index is 0.912. The molecule has 2 nitrogen and oxygen atoms in total. The van der Waals surface area contributed by atoms with Crippen molar-refractivity contribution in [2.75, 3.05) is 4.90 Å². The molecule has 0 saturated heterocycles. The van der Waals surface area contributed by atoms with Crippen LogP contribution in [0.1, 0.15) is 0 Å². The van der Waals surface area contributed by atoms with E-state index in [1.165, 1.54) is 42.1 Å². The molecule has 10 aromatic rings. The summed E-state index contributed by atoms with van der Waals surface area (Å²) < 4.78 is 9.04. The van der Waals surface area contributed by atoms with Crippen molar-refractivity contribution >= 4 is 81.3 Å². The number of fused-ring (bicyclic) bond motifs is 8. The Labute approximate surface area is 287 Å². The van der Waals surface area contributed by atoms with Gasteiger partial charge in [-0.05, 0) is 82.1 Å². The Morgan fingerprint density at radius 2 is 1.12 bits per heavy atom. The lowest BCUT2D eigenvalue weighted by Gasteiger charge is -2.26. The van der Waals surface area contributed by atoms with Gasteiger partial charge in [0.25, 0.3) is 0 Å². The third-order valence-corrected chi connectivity index (χ3v) is 10.8. The van der Waals surface area contributed by atoms with E-state index in [1.807, 2.05) is 23.5 Å². The smallest absolute Gasteiger partial charge is 0.143 e. The second-order valence-electron chi connectivity index (χ2n) is 12.5. The van der Waals surface area contributed by atoms with Crippen molar-refractivity contribution in [1.29, 1.82) is 0 Å². The molecule has 0 spiro atoms. The lowest BCUT2D eigenvalue weighted by Crippen LogP contribution is -2.10. The number of rotatable bonds is 5. The lowest BCUT2D eigenvalue weighted by atomic mass is 10.0. The molecule has 0 bridgehead atoms. The van der Waals surface area contributed by atoms with E-state index < -0.39 is 0 Å². The molecule has 0 unspecified atom stereocenters. The second-order valence-corrected chi connectivity index (χ2v) is 13.6. The van der Waals surface area contributed by atoms with Crippen molar-refractivity contribution in [3.63, 3.8) is 0 Å². The van der Waals surface area contributed by atoms with E-state index in [4.69, 9.17) is 4.42 Å². The average Bonchev–Trinajstić information content (AvgIpc) is 3.75. The summed E-state index contributed by atoms with van der Waals surface area (Å²) in [7, 11) is 0. The number of nitrogens with zero attached hydrogens (tertiary/aromatic N) is 1. The van der Waals surface area contributed by atoms with E-state index in [2.05, 4.69) is 169 Å². The van der Waals surface area contributed by atoms with Crippen LogP contribution in [0, 0.1) is 0 Å². The first-order valence-electron chi connectivity index (χ1n) is 16.6. The van der Waals surface area contributed by atoms with Crippen LogP contribution >= 0.6 is 11.3 Å². The molecule has 0 aliphatic heterocycles. The maximum atomic E-state index is 6.39. The van der Waals surface area contributed by atoms with Gasteiger partial charge < -0.3 is 9.32 Å². The summed E-state index contributed by atoms with van der Waals surface area (Å²) >= 11 is 1.86. The van der Waals surface area contributed by atoms with Crippen LogP contribution in [-0.2, 0) is 0 Å². The molecule has 0 saturated carbocycles. The minimum atomic E-state index is 0.912. The monoisotopic (exact) mass is 643 g/mol. The van der Waals surface area contributed by atoms with Gasteiger partial charge in [-0.2, -0.15) is 0 Å². The number of benzene rings is 8. The minimum Gasteiger partial charge on any atom is -0.455 e. The Kier molecular flexibility index (Phi) is 6.39. The van der Waals surface area contributed by atoms with E-state index in [0.29, 0.717) is 0 Å². The molecule has 0 aliphatic carbocycles. The Bertz CT molecular complexity index is 2830. The van der Waals surface area contributed by atoms with Gasteiger partial charge in [-0.25, -0.2) is 0 Å². The van der Waals surface area contributed by atoms with Crippen LogP contribution in [0.25, 0.3) is 75.1 Å². The van der Waals surface area contributed by atoms with Gasteiger partial charge in [-0.15, -0.1) is 11.3 Å². The lowest BCUT2D eigenvalue weighted by molar-refractivity contribution is 0.670. The van der Waals surface area contributed by atoms with Crippen molar-refractivity contribution in [2.45, 2.75) is 0 Å². The summed E-state index contributed by atoms with van der Waals surface area (Å²) in [6.45, 7) is 0. The highest BCUT2D eigenvalue weighted by atomic mass is 32.1. The zero-order valence-corrected chi connectivity index (χ0v) is 27.3. The van der Waals surface area contributed by atoms with Gasteiger partial charge in [0.2, 0.25) is 0 Å². The Hall–Kier alpha value is -6.16. The van der Waals surface area contributed by atoms with Gasteiger partial charge in [0, 0.05) is 53.6 Å². The van der Waals surface area contributed by atoms with Crippen molar-refractivity contribution in [1.82, 2.24) is 0 Å². The molecule has 0 radical (unpaired) electrons. The molecular formula is C46H29NOS. The maximum Gasteiger partial charge on any atom is 0.143 e. The maximum absolute atomic E-state index is 6.39. The van der Waals surface area contributed by atoms with Crippen LogP contribution in [0.5, 0.6) is 0 Å². The quantitative estimate of drug-likeness (QED) is 0.186. The number of thiophene rings is 1. The third kappa shape index (κ3) is 4.62. The SMILES string of the molecule is c1ccc(-c2cccc(N(c3ccc(-c4cccc5c4oc4ccccc45)cc3)c3ccc4c(ccc5sc6ccccc6c54)c3)c2)cc1. The number of hydrogen-bond acceptors (Lipinski definition) is 3. The predicted molar refractivity (Wildman–Crippen MR) is 210 cm³/mol. The number of anilines is 3. The molecule has 10 rings (SSSR count). The van der Waals surface area contributed by atoms with Gasteiger partial charge in [-0.3, -0.25) is 0 Å². The summed E-state index contributed by atoms with van der Waals surface area (Å²) in [5.74, 6) is 0. The van der Waals surface area contributed by atoms with Crippen LogP contribution in [0.3, 0.4) is 0 Å². The molecule has 8 aromatic carbocycles. The molecule has 0 aliphatic rings. The average molecular weight is 644 g/mol. The number of hydrogen-bond donors (Lipinski definition) is 0. The summed E-state index contributed by atoms with van der Waals surface area (Å²) in [5.41, 5.74) is 9.74. The van der Waals surface area contributed by atoms with Gasteiger partial charge in [-0.1, -0.05) is 121 Å². The summed E-state index contributed by atoms with van der Waals surface area (Å²) in [6.07, 6.45) is 0. The topological polar surface area (TPSA) is 16.4 Å². The molecular weight excluding hydrogens is 615 g/mol. The van der Waals surface area contributed by atoms with Crippen LogP contribution in [-0.4, -0.2) is 0 Å². The van der Waals surface area contributed by atoms with Crippen molar-refractivity contribution in [3.8, 4) is 22.3 Å². The first-order chi connectivity index (χ1) is 24.3. The summed E-state index contributed by atoms with van der Waals surface area (Å²) in [5, 5.41) is 7.45. The summed E-state index contributed by atoms with van der Waals surface area (Å²) in [4.78, 5) is 2.37. The van der Waals surface area contributed by atoms with E-state index in [-0.39, 0.29) is 0 Å². The van der Waals surface area contributed by atoms with Crippen molar-refractivity contribution in [2.24, 2.45) is 0 Å². The molecule has 2 heterocycles. The van der Waals surface area contributed by atoms with E-state index in [9.17, 15) is 0 Å². The zero-order chi connectivity index (χ0) is 32.3. The van der Waals surface area contributed by atoms with Crippen molar-refractivity contribution < 1.29 is 4.42 Å². The highest BCUT2D eigenvalue weighted by molar-refractivity contribution is 7.26. The van der Waals surface area contributed by atoms with Crippen LogP contribution in [0.15, 0.2) is 180 Å². The Morgan fingerprint density at radius 1 is 0.408 bits per heavy atom. The molecule has 0 fully saturated rings. The Balaban J connectivity index is 1.13.